The highest BCUT2D eigenvalue weighted by atomic mass is 32.1. The van der Waals surface area contributed by atoms with Gasteiger partial charge in [-0.1, -0.05) is 17.3 Å². The number of rotatable bonds is 4. The van der Waals surface area contributed by atoms with Crippen LogP contribution in [0.25, 0.3) is 0 Å². The molecule has 0 unspecified atom stereocenters. The molecule has 2 atom stereocenters. The van der Waals surface area contributed by atoms with Crippen LogP contribution in [0, 0.1) is 12.8 Å². The third kappa shape index (κ3) is 3.73. The highest BCUT2D eigenvalue weighted by Crippen LogP contribution is 2.25. The highest BCUT2D eigenvalue weighted by molar-refractivity contribution is 7.05. The van der Waals surface area contributed by atoms with Crippen LogP contribution in [0.4, 0.5) is 0 Å². The van der Waals surface area contributed by atoms with Gasteiger partial charge in [0.15, 0.2) is 5.69 Å². The summed E-state index contributed by atoms with van der Waals surface area (Å²) in [5, 5.41) is 7.07. The number of carbonyl (C=O) groups is 1. The number of hydrogen-bond donors (Lipinski definition) is 1. The van der Waals surface area contributed by atoms with Crippen LogP contribution in [0.5, 0.6) is 0 Å². The van der Waals surface area contributed by atoms with Gasteiger partial charge in [0.25, 0.3) is 5.91 Å². The number of aromatic nitrogens is 2. The molecule has 1 heterocycles. The van der Waals surface area contributed by atoms with Crippen LogP contribution < -0.4 is 5.32 Å². The Kier molecular flexibility index (Phi) is 4.87. The van der Waals surface area contributed by atoms with E-state index in [4.69, 9.17) is 0 Å². The Morgan fingerprint density at radius 1 is 1.42 bits per heavy atom. The average molecular weight is 282 g/mol. The maximum atomic E-state index is 12.2. The Morgan fingerprint density at radius 2 is 2.16 bits per heavy atom. The molecule has 2 rings (SSSR count). The molecule has 1 aliphatic carbocycles. The molecular weight excluding hydrogens is 260 g/mol. The Labute approximate surface area is 118 Å². The normalized spacial score (nSPS) is 23.6. The summed E-state index contributed by atoms with van der Waals surface area (Å²) in [5.41, 5.74) is 0.485. The molecule has 1 fully saturated rings. The summed E-state index contributed by atoms with van der Waals surface area (Å²) in [4.78, 5) is 15.3. The van der Waals surface area contributed by atoms with Crippen LogP contribution in [0.3, 0.4) is 0 Å². The zero-order valence-electron chi connectivity index (χ0n) is 11.8. The second-order valence-electron chi connectivity index (χ2n) is 5.56. The van der Waals surface area contributed by atoms with E-state index >= 15 is 0 Å². The van der Waals surface area contributed by atoms with Crippen LogP contribution in [0.15, 0.2) is 0 Å². The largest absolute Gasteiger partial charge is 0.348 e. The van der Waals surface area contributed by atoms with E-state index in [0.717, 1.165) is 17.8 Å². The van der Waals surface area contributed by atoms with Crippen LogP contribution >= 0.6 is 11.5 Å². The van der Waals surface area contributed by atoms with Crippen molar-refractivity contribution >= 4 is 17.4 Å². The fourth-order valence-corrected chi connectivity index (χ4v) is 3.23. The van der Waals surface area contributed by atoms with Gasteiger partial charge in [-0.3, -0.25) is 4.79 Å². The van der Waals surface area contributed by atoms with Gasteiger partial charge in [0.05, 0.1) is 4.88 Å². The fraction of sp³-hybridized carbons (Fsp3) is 0.769. The molecule has 19 heavy (non-hydrogen) atoms. The molecule has 1 saturated carbocycles. The van der Waals surface area contributed by atoms with Crippen LogP contribution in [-0.4, -0.2) is 47.1 Å². The average Bonchev–Trinajstić information content (AvgIpc) is 2.77. The minimum atomic E-state index is -0.0677. The quantitative estimate of drug-likeness (QED) is 0.913. The van der Waals surface area contributed by atoms with E-state index in [1.807, 2.05) is 6.92 Å². The Balaban J connectivity index is 1.99. The molecule has 1 amide bonds. The maximum Gasteiger partial charge on any atom is 0.273 e. The molecule has 5 nitrogen and oxygen atoms in total. The molecule has 0 aromatic carbocycles. The van der Waals surface area contributed by atoms with Crippen molar-refractivity contribution in [2.75, 3.05) is 20.6 Å². The number of nitrogens with one attached hydrogen (secondary N) is 1. The van der Waals surface area contributed by atoms with Crippen LogP contribution in [0.2, 0.25) is 0 Å². The first kappa shape index (κ1) is 14.4. The van der Waals surface area contributed by atoms with Gasteiger partial charge in [0.2, 0.25) is 0 Å². The molecule has 1 aromatic rings. The molecule has 0 radical (unpaired) electrons. The lowest BCUT2D eigenvalue weighted by Gasteiger charge is -2.33. The Hall–Kier alpha value is -1.01. The molecule has 6 heteroatoms. The summed E-state index contributed by atoms with van der Waals surface area (Å²) in [6, 6.07) is 0.268. The molecule has 1 N–H and O–H groups in total. The minimum absolute atomic E-state index is 0.0677. The van der Waals surface area contributed by atoms with Crippen molar-refractivity contribution in [2.45, 2.75) is 38.6 Å². The molecule has 0 bridgehead atoms. The van der Waals surface area contributed by atoms with Gasteiger partial charge in [0.1, 0.15) is 0 Å². The summed E-state index contributed by atoms with van der Waals surface area (Å²) in [5.74, 6) is 0.474. The lowest BCUT2D eigenvalue weighted by atomic mass is 9.84. The third-order valence-electron chi connectivity index (χ3n) is 3.69. The van der Waals surface area contributed by atoms with E-state index in [-0.39, 0.29) is 11.9 Å². The molecule has 0 aliphatic heterocycles. The number of nitrogens with zero attached hydrogens (tertiary/aromatic N) is 3. The number of aryl methyl sites for hydroxylation is 1. The van der Waals surface area contributed by atoms with Crippen molar-refractivity contribution < 1.29 is 4.79 Å². The van der Waals surface area contributed by atoms with E-state index in [0.29, 0.717) is 11.6 Å². The number of carbonyl (C=O) groups excluding carboxylic acids is 1. The van der Waals surface area contributed by atoms with Crippen molar-refractivity contribution in [3.8, 4) is 0 Å². The Bertz CT molecular complexity index is 432. The molecular formula is C13H22N4OS. The second-order valence-corrected chi connectivity index (χ2v) is 6.52. The number of amides is 1. The summed E-state index contributed by atoms with van der Waals surface area (Å²) >= 11 is 1.28. The van der Waals surface area contributed by atoms with Crippen molar-refractivity contribution in [1.82, 2.24) is 19.8 Å². The van der Waals surface area contributed by atoms with Gasteiger partial charge in [-0.05, 0) is 51.3 Å². The van der Waals surface area contributed by atoms with Gasteiger partial charge < -0.3 is 10.2 Å². The van der Waals surface area contributed by atoms with Crippen molar-refractivity contribution in [3.63, 3.8) is 0 Å². The van der Waals surface area contributed by atoms with E-state index in [1.54, 1.807) is 0 Å². The van der Waals surface area contributed by atoms with E-state index < -0.39 is 0 Å². The van der Waals surface area contributed by atoms with Gasteiger partial charge in [-0.15, -0.1) is 5.10 Å². The molecule has 1 aromatic heterocycles. The van der Waals surface area contributed by atoms with Crippen molar-refractivity contribution in [2.24, 2.45) is 5.92 Å². The summed E-state index contributed by atoms with van der Waals surface area (Å²) in [7, 11) is 4.17. The second kappa shape index (κ2) is 6.43. The standard InChI is InChI=1S/C13H22N4OS/c1-9-12(15-16-19-9)13(18)14-11-7-5-4-6-10(11)8-17(2)3/h10-11H,4-8H2,1-3H3,(H,14,18)/t10-,11+/m1/s1. The van der Waals surface area contributed by atoms with Gasteiger partial charge >= 0.3 is 0 Å². The van der Waals surface area contributed by atoms with Crippen LogP contribution in [0.1, 0.15) is 41.0 Å². The molecule has 1 aliphatic rings. The SMILES string of the molecule is Cc1snnc1C(=O)N[C@H]1CCCC[C@@H]1CN(C)C. The smallest absolute Gasteiger partial charge is 0.273 e. The zero-order chi connectivity index (χ0) is 13.8. The van der Waals surface area contributed by atoms with Crippen LogP contribution in [-0.2, 0) is 0 Å². The lowest BCUT2D eigenvalue weighted by molar-refractivity contribution is 0.0889. The molecule has 0 saturated heterocycles. The van der Waals surface area contributed by atoms with Gasteiger partial charge in [0, 0.05) is 12.6 Å². The topological polar surface area (TPSA) is 58.1 Å². The zero-order valence-corrected chi connectivity index (χ0v) is 12.7. The van der Waals surface area contributed by atoms with E-state index in [2.05, 4.69) is 33.9 Å². The molecule has 0 spiro atoms. The first-order chi connectivity index (χ1) is 9.08. The molecule has 106 valence electrons. The summed E-state index contributed by atoms with van der Waals surface area (Å²) in [6.07, 6.45) is 4.73. The fourth-order valence-electron chi connectivity index (χ4n) is 2.76. The predicted octanol–water partition coefficient (Wildman–Crippen LogP) is 1.70. The summed E-state index contributed by atoms with van der Waals surface area (Å²) < 4.78 is 3.83. The lowest BCUT2D eigenvalue weighted by Crippen LogP contribution is -2.45. The predicted molar refractivity (Wildman–Crippen MR) is 76.4 cm³/mol. The highest BCUT2D eigenvalue weighted by Gasteiger charge is 2.28. The van der Waals surface area contributed by atoms with Crippen molar-refractivity contribution in [1.29, 1.82) is 0 Å². The first-order valence-corrected chi connectivity index (χ1v) is 7.60. The number of hydrogen-bond acceptors (Lipinski definition) is 5. The van der Waals surface area contributed by atoms with E-state index in [9.17, 15) is 4.79 Å². The van der Waals surface area contributed by atoms with Gasteiger partial charge in [-0.2, -0.15) is 0 Å². The minimum Gasteiger partial charge on any atom is -0.348 e. The van der Waals surface area contributed by atoms with E-state index in [1.165, 1.54) is 30.8 Å². The summed E-state index contributed by atoms with van der Waals surface area (Å²) in [6.45, 7) is 2.91. The van der Waals surface area contributed by atoms with Gasteiger partial charge in [-0.25, -0.2) is 0 Å². The maximum absolute atomic E-state index is 12.2. The van der Waals surface area contributed by atoms with Crippen molar-refractivity contribution in [3.05, 3.63) is 10.6 Å². The monoisotopic (exact) mass is 282 g/mol. The first-order valence-electron chi connectivity index (χ1n) is 6.82. The Morgan fingerprint density at radius 3 is 2.79 bits per heavy atom. The third-order valence-corrected chi connectivity index (χ3v) is 4.32.